The van der Waals surface area contributed by atoms with Crippen molar-refractivity contribution in [3.63, 3.8) is 0 Å². The van der Waals surface area contributed by atoms with Crippen molar-refractivity contribution in [3.8, 4) is 0 Å². The molecule has 3 aliphatic carbocycles. The van der Waals surface area contributed by atoms with Crippen LogP contribution in [0.2, 0.25) is 0 Å². The van der Waals surface area contributed by atoms with Crippen molar-refractivity contribution in [1.29, 1.82) is 0 Å². The number of aliphatic hydroxyl groups excluding tert-OH is 2. The molecule has 0 bridgehead atoms. The zero-order valence-corrected chi connectivity index (χ0v) is 16.4. The fourth-order valence-electron chi connectivity index (χ4n) is 6.85. The van der Waals surface area contributed by atoms with E-state index in [1.54, 1.807) is 0 Å². The number of aliphatic hydroxyl groups is 2. The third kappa shape index (κ3) is 2.45. The fourth-order valence-corrected chi connectivity index (χ4v) is 6.85. The average Bonchev–Trinajstić information content (AvgIpc) is 2.62. The largest absolute Gasteiger partial charge is 0.501 e. The van der Waals surface area contributed by atoms with Gasteiger partial charge in [0, 0.05) is 11.3 Å². The number of ether oxygens (including phenoxy) is 1. The van der Waals surface area contributed by atoms with E-state index in [4.69, 9.17) is 4.74 Å². The summed E-state index contributed by atoms with van der Waals surface area (Å²) in [5.74, 6) is 0.181. The molecule has 0 aromatic rings. The van der Waals surface area contributed by atoms with Crippen LogP contribution < -0.4 is 0 Å². The molecule has 8 atom stereocenters. The number of ketones is 1. The maximum absolute atomic E-state index is 13.6. The summed E-state index contributed by atoms with van der Waals surface area (Å²) in [7, 11) is 0. The van der Waals surface area contributed by atoms with Crippen LogP contribution in [-0.4, -0.2) is 35.3 Å². The second kappa shape index (κ2) is 6.79. The van der Waals surface area contributed by atoms with Gasteiger partial charge in [0.05, 0.1) is 31.0 Å². The smallest absolute Gasteiger partial charge is 0.147 e. The van der Waals surface area contributed by atoms with Crippen LogP contribution >= 0.6 is 0 Å². The van der Waals surface area contributed by atoms with Gasteiger partial charge in [-0.25, -0.2) is 0 Å². The topological polar surface area (TPSA) is 66.8 Å². The minimum atomic E-state index is -0.908. The standard InChI is InChI=1S/C22H34O4/c1-6-26-12-22-9-7-8-13(2)18(22)16(11-23)20(25)21(5)17(22)10-14(3)15(4)19(21)24/h6,13-14,16-19,23-24H,1,4,7-12H2,2-3,5H3/t13?,14-,16?,17?,18?,19?,21-,22+/m0/s1. The molecule has 4 nitrogen and oxygen atoms in total. The van der Waals surface area contributed by atoms with Gasteiger partial charge in [0.1, 0.15) is 5.78 Å². The van der Waals surface area contributed by atoms with E-state index < -0.39 is 17.4 Å². The molecule has 3 fully saturated rings. The van der Waals surface area contributed by atoms with Crippen LogP contribution in [0.1, 0.15) is 46.5 Å². The molecule has 5 unspecified atom stereocenters. The van der Waals surface area contributed by atoms with E-state index in [1.807, 2.05) is 6.92 Å². The summed E-state index contributed by atoms with van der Waals surface area (Å²) in [6.45, 7) is 14.3. The van der Waals surface area contributed by atoms with Gasteiger partial charge in [0.15, 0.2) is 0 Å². The number of Topliss-reactive ketones (excluding diaryl/α,β-unsaturated/α-hetero) is 1. The molecule has 0 heterocycles. The molecule has 146 valence electrons. The summed E-state index contributed by atoms with van der Waals surface area (Å²) >= 11 is 0. The van der Waals surface area contributed by atoms with E-state index in [2.05, 4.69) is 27.0 Å². The Labute approximate surface area is 157 Å². The van der Waals surface area contributed by atoms with Gasteiger partial charge in [0.2, 0.25) is 0 Å². The van der Waals surface area contributed by atoms with Crippen molar-refractivity contribution in [3.05, 3.63) is 25.0 Å². The summed E-state index contributed by atoms with van der Waals surface area (Å²) in [6, 6.07) is 0. The van der Waals surface area contributed by atoms with Crippen molar-refractivity contribution >= 4 is 5.78 Å². The average molecular weight is 363 g/mol. The Morgan fingerprint density at radius 1 is 1.38 bits per heavy atom. The van der Waals surface area contributed by atoms with Gasteiger partial charge in [-0.15, -0.1) is 0 Å². The summed E-state index contributed by atoms with van der Waals surface area (Å²) < 4.78 is 5.77. The second-order valence-corrected chi connectivity index (χ2v) is 9.21. The second-order valence-electron chi connectivity index (χ2n) is 9.21. The predicted octanol–water partition coefficient (Wildman–Crippen LogP) is 3.34. The maximum atomic E-state index is 13.6. The first-order valence-electron chi connectivity index (χ1n) is 10.00. The van der Waals surface area contributed by atoms with Crippen molar-refractivity contribution in [2.24, 2.45) is 40.4 Å². The Bertz CT molecular complexity index is 599. The van der Waals surface area contributed by atoms with Crippen molar-refractivity contribution < 1.29 is 19.7 Å². The molecule has 0 radical (unpaired) electrons. The highest BCUT2D eigenvalue weighted by atomic mass is 16.5. The Morgan fingerprint density at radius 2 is 2.08 bits per heavy atom. The number of rotatable bonds is 4. The lowest BCUT2D eigenvalue weighted by atomic mass is 9.39. The van der Waals surface area contributed by atoms with Gasteiger partial charge < -0.3 is 14.9 Å². The highest BCUT2D eigenvalue weighted by Gasteiger charge is 2.68. The van der Waals surface area contributed by atoms with E-state index in [-0.39, 0.29) is 35.6 Å². The molecule has 3 rings (SSSR count). The first-order valence-corrected chi connectivity index (χ1v) is 10.00. The van der Waals surface area contributed by atoms with Crippen LogP contribution in [0.4, 0.5) is 0 Å². The van der Waals surface area contributed by atoms with E-state index in [0.717, 1.165) is 31.3 Å². The third-order valence-electron chi connectivity index (χ3n) is 8.11. The van der Waals surface area contributed by atoms with Gasteiger partial charge in [-0.1, -0.05) is 39.8 Å². The van der Waals surface area contributed by atoms with Gasteiger partial charge in [-0.05, 0) is 49.0 Å². The SMILES string of the molecule is C=COC[C@@]12CCCC(C)C1C(CO)C(=O)[C@]1(C)C(O)C(=C)[C@@H](C)CC21. The van der Waals surface area contributed by atoms with Gasteiger partial charge in [-0.3, -0.25) is 4.79 Å². The zero-order valence-electron chi connectivity index (χ0n) is 16.4. The van der Waals surface area contributed by atoms with Crippen LogP contribution in [0, 0.1) is 40.4 Å². The zero-order chi connectivity index (χ0) is 19.3. The molecule has 0 aromatic heterocycles. The normalized spacial score (nSPS) is 48.5. The molecule has 2 N–H and O–H groups in total. The summed E-state index contributed by atoms with van der Waals surface area (Å²) in [6.07, 6.45) is 4.57. The molecule has 0 saturated heterocycles. The molecular weight excluding hydrogens is 328 g/mol. The predicted molar refractivity (Wildman–Crippen MR) is 101 cm³/mol. The van der Waals surface area contributed by atoms with Crippen LogP contribution in [0.25, 0.3) is 0 Å². The minimum Gasteiger partial charge on any atom is -0.501 e. The first-order chi connectivity index (χ1) is 12.3. The van der Waals surface area contributed by atoms with Crippen molar-refractivity contribution in [1.82, 2.24) is 0 Å². The van der Waals surface area contributed by atoms with E-state index in [0.29, 0.717) is 12.5 Å². The van der Waals surface area contributed by atoms with E-state index in [1.165, 1.54) is 6.26 Å². The Morgan fingerprint density at radius 3 is 2.69 bits per heavy atom. The summed E-state index contributed by atoms with van der Waals surface area (Å²) in [4.78, 5) is 13.6. The van der Waals surface area contributed by atoms with Crippen LogP contribution in [0.5, 0.6) is 0 Å². The highest BCUT2D eigenvalue weighted by Crippen LogP contribution is 2.66. The molecule has 3 saturated carbocycles. The Hall–Kier alpha value is -1.13. The van der Waals surface area contributed by atoms with Crippen LogP contribution in [-0.2, 0) is 9.53 Å². The highest BCUT2D eigenvalue weighted by molar-refractivity contribution is 5.90. The Balaban J connectivity index is 2.19. The lowest BCUT2D eigenvalue weighted by Crippen LogP contribution is -2.68. The summed E-state index contributed by atoms with van der Waals surface area (Å²) in [5.41, 5.74) is -0.386. The van der Waals surface area contributed by atoms with Gasteiger partial charge in [-0.2, -0.15) is 0 Å². The molecule has 26 heavy (non-hydrogen) atoms. The van der Waals surface area contributed by atoms with Gasteiger partial charge in [0.25, 0.3) is 0 Å². The molecule has 0 amide bonds. The molecule has 4 heteroatoms. The minimum absolute atomic E-state index is 0.0125. The van der Waals surface area contributed by atoms with E-state index in [9.17, 15) is 15.0 Å². The number of hydrogen-bond acceptors (Lipinski definition) is 4. The summed E-state index contributed by atoms with van der Waals surface area (Å²) in [5, 5.41) is 21.3. The molecular formula is C22H34O4. The first kappa shape index (κ1) is 19.6. The lowest BCUT2D eigenvalue weighted by molar-refractivity contribution is -0.205. The number of hydrogen-bond donors (Lipinski definition) is 2. The lowest BCUT2D eigenvalue weighted by Gasteiger charge is -2.65. The fraction of sp³-hybridized carbons (Fsp3) is 0.773. The van der Waals surface area contributed by atoms with E-state index >= 15 is 0 Å². The maximum Gasteiger partial charge on any atom is 0.147 e. The molecule has 0 aromatic carbocycles. The Kier molecular flexibility index (Phi) is 5.13. The number of carbonyl (C=O) groups excluding carboxylic acids is 1. The third-order valence-corrected chi connectivity index (χ3v) is 8.11. The quantitative estimate of drug-likeness (QED) is 0.595. The molecule has 0 aliphatic heterocycles. The van der Waals surface area contributed by atoms with Crippen LogP contribution in [0.3, 0.4) is 0 Å². The molecule has 3 aliphatic rings. The number of fused-ring (bicyclic) bond motifs is 3. The van der Waals surface area contributed by atoms with Gasteiger partial charge >= 0.3 is 0 Å². The van der Waals surface area contributed by atoms with Crippen molar-refractivity contribution in [2.75, 3.05) is 13.2 Å². The molecule has 0 spiro atoms. The number of carbonyl (C=O) groups is 1. The monoisotopic (exact) mass is 362 g/mol. The van der Waals surface area contributed by atoms with Crippen LogP contribution in [0.15, 0.2) is 25.0 Å². The van der Waals surface area contributed by atoms with Crippen molar-refractivity contribution in [2.45, 2.75) is 52.6 Å².